The molecule has 0 aliphatic heterocycles. The molecule has 19 heteroatoms. The molecule has 0 bridgehead atoms. The van der Waals surface area contributed by atoms with Crippen LogP contribution in [0.5, 0.6) is 17.2 Å². The number of aromatic nitrogens is 1. The second kappa shape index (κ2) is 30.6. The summed E-state index contributed by atoms with van der Waals surface area (Å²) in [5.74, 6) is -0.797. The molecule has 0 spiro atoms. The van der Waals surface area contributed by atoms with E-state index >= 15 is 4.79 Å². The Bertz CT molecular complexity index is 2350. The number of aryl methyl sites for hydroxylation is 3. The predicted octanol–water partition coefficient (Wildman–Crippen LogP) is 7.44. The van der Waals surface area contributed by atoms with E-state index in [0.29, 0.717) is 50.0 Å². The van der Waals surface area contributed by atoms with Crippen molar-refractivity contribution in [1.29, 1.82) is 0 Å². The Labute approximate surface area is 425 Å². The zero-order valence-corrected chi connectivity index (χ0v) is 44.8. The third kappa shape index (κ3) is 18.1. The Hall–Kier alpha value is -4.54. The molecule has 0 saturated carbocycles. The second-order valence-electron chi connectivity index (χ2n) is 17.6. The van der Waals surface area contributed by atoms with Gasteiger partial charge in [-0.1, -0.05) is 27.7 Å². The maximum absolute atomic E-state index is 15.2. The standard InChI is InChI=1S/C53H77NO17S/c1-12-38(13-2)65-31-44(32-66-39(14-3)15-4)69-40-17-19-48-46(25-40)50(53(56)71-51-35(5)23-37(24-36(51)6)52(55)64-11)47-26-41(18-20-49(47)54(48)21-16-22-72(57,58)59)70-45(33-67-42(27-60-7)28-61-8)34-68-43(29-62-9)30-63-10/h17-20,23-26,38-39,42-45H,12-16,21-22,27-34H2,1-11H3/p+1. The van der Waals surface area contributed by atoms with Crippen LogP contribution < -0.4 is 18.8 Å². The summed E-state index contributed by atoms with van der Waals surface area (Å²) in [4.78, 5) is 27.8. The molecule has 1 heterocycles. The molecular formula is C53H78NO17S+. The van der Waals surface area contributed by atoms with Gasteiger partial charge in [0.15, 0.2) is 6.54 Å². The average Bonchev–Trinajstić information content (AvgIpc) is 3.35. The third-order valence-corrected chi connectivity index (χ3v) is 12.8. The molecule has 0 amide bonds. The van der Waals surface area contributed by atoms with Gasteiger partial charge < -0.3 is 56.8 Å². The molecule has 4 rings (SSSR count). The molecule has 0 radical (unpaired) electrons. The maximum Gasteiger partial charge on any atom is 0.345 e. The largest absolute Gasteiger partial charge is 0.486 e. The van der Waals surface area contributed by atoms with Crippen LogP contribution >= 0.6 is 0 Å². The first-order valence-electron chi connectivity index (χ1n) is 24.6. The summed E-state index contributed by atoms with van der Waals surface area (Å²) in [6.45, 7) is 13.5. The van der Waals surface area contributed by atoms with Gasteiger partial charge in [-0.05, 0) is 87.1 Å². The van der Waals surface area contributed by atoms with Crippen LogP contribution in [-0.2, 0) is 59.3 Å². The molecule has 402 valence electrons. The van der Waals surface area contributed by atoms with Gasteiger partial charge in [-0.3, -0.25) is 4.55 Å². The number of benzene rings is 3. The van der Waals surface area contributed by atoms with E-state index in [9.17, 15) is 17.8 Å². The lowest BCUT2D eigenvalue weighted by molar-refractivity contribution is -0.645. The van der Waals surface area contributed by atoms with Gasteiger partial charge in [-0.25, -0.2) is 9.59 Å². The first-order chi connectivity index (χ1) is 34.6. The molecule has 72 heavy (non-hydrogen) atoms. The van der Waals surface area contributed by atoms with Crippen LogP contribution in [-0.4, -0.2) is 156 Å². The van der Waals surface area contributed by atoms with Gasteiger partial charge in [0.05, 0.1) is 99.8 Å². The zero-order valence-electron chi connectivity index (χ0n) is 44.0. The van der Waals surface area contributed by atoms with E-state index in [2.05, 4.69) is 27.7 Å². The van der Waals surface area contributed by atoms with Crippen LogP contribution in [0.25, 0.3) is 21.8 Å². The van der Waals surface area contributed by atoms with E-state index in [1.165, 1.54) is 7.11 Å². The number of nitrogens with zero attached hydrogens (tertiary/aromatic N) is 1. The summed E-state index contributed by atoms with van der Waals surface area (Å²) >= 11 is 0. The number of rotatable bonds is 35. The van der Waals surface area contributed by atoms with Crippen LogP contribution in [0.4, 0.5) is 0 Å². The lowest BCUT2D eigenvalue weighted by atomic mass is 10.0. The highest BCUT2D eigenvalue weighted by Crippen LogP contribution is 2.34. The highest BCUT2D eigenvalue weighted by atomic mass is 32.2. The molecule has 1 aromatic heterocycles. The predicted molar refractivity (Wildman–Crippen MR) is 271 cm³/mol. The number of hydrogen-bond donors (Lipinski definition) is 1. The Morgan fingerprint density at radius 2 is 0.958 bits per heavy atom. The molecule has 1 N–H and O–H groups in total. The molecule has 0 saturated heterocycles. The van der Waals surface area contributed by atoms with E-state index in [1.54, 1.807) is 90.8 Å². The number of carbonyl (C=O) groups is 2. The quantitative estimate of drug-likeness (QED) is 0.0156. The molecule has 0 atom stereocenters. The summed E-state index contributed by atoms with van der Waals surface area (Å²) in [7, 11) is 3.25. The maximum atomic E-state index is 15.2. The summed E-state index contributed by atoms with van der Waals surface area (Å²) in [5, 5.41) is 0.790. The van der Waals surface area contributed by atoms with Gasteiger partial charge in [0.1, 0.15) is 41.7 Å². The van der Waals surface area contributed by atoms with Crippen LogP contribution in [0.15, 0.2) is 48.5 Å². The number of ether oxygens (including phenoxy) is 12. The van der Waals surface area contributed by atoms with Crippen LogP contribution in [0, 0.1) is 13.8 Å². The molecule has 3 aromatic carbocycles. The SMILES string of the molecule is CCC(CC)OCC(COC(CC)CC)Oc1ccc2c(c1)c(C(=O)Oc1c(C)cc(C(=O)OC)cc1C)c1cc(OC(COC(COC)COC)COC(COC)COC)ccc1[n+]2CCCS(=O)(=O)O. The molecule has 0 aliphatic carbocycles. The molecule has 18 nitrogen and oxygen atoms in total. The van der Waals surface area contributed by atoms with Crippen molar-refractivity contribution < 1.29 is 84.0 Å². The second-order valence-corrected chi connectivity index (χ2v) is 19.2. The van der Waals surface area contributed by atoms with Crippen molar-refractivity contribution in [3.8, 4) is 17.2 Å². The average molecular weight is 1030 g/mol. The number of pyridine rings is 1. The van der Waals surface area contributed by atoms with Crippen LogP contribution in [0.1, 0.15) is 91.6 Å². The molecule has 0 unspecified atom stereocenters. The minimum Gasteiger partial charge on any atom is -0.486 e. The van der Waals surface area contributed by atoms with Crippen LogP contribution in [0.2, 0.25) is 0 Å². The van der Waals surface area contributed by atoms with Crippen molar-refractivity contribution in [2.45, 2.75) is 117 Å². The molecule has 4 aromatic rings. The highest BCUT2D eigenvalue weighted by molar-refractivity contribution is 7.85. The highest BCUT2D eigenvalue weighted by Gasteiger charge is 2.30. The van der Waals surface area contributed by atoms with E-state index < -0.39 is 52.2 Å². The van der Waals surface area contributed by atoms with Crippen molar-refractivity contribution in [3.63, 3.8) is 0 Å². The van der Waals surface area contributed by atoms with Gasteiger partial charge in [-0.2, -0.15) is 13.0 Å². The summed E-state index contributed by atoms with van der Waals surface area (Å²) in [6.07, 6.45) is 1.28. The van der Waals surface area contributed by atoms with Gasteiger partial charge in [0.25, 0.3) is 10.1 Å². The number of esters is 2. The Kier molecular flexibility index (Phi) is 25.5. The Balaban J connectivity index is 2.00. The topological polar surface area (TPSA) is 203 Å². The van der Waals surface area contributed by atoms with Gasteiger partial charge in [0.2, 0.25) is 11.0 Å². The van der Waals surface area contributed by atoms with Gasteiger partial charge in [-0.15, -0.1) is 0 Å². The first kappa shape index (κ1) is 60.0. The van der Waals surface area contributed by atoms with Crippen molar-refractivity contribution in [2.75, 3.05) is 94.2 Å². The molecule has 0 aliphatic rings. The fourth-order valence-corrected chi connectivity index (χ4v) is 8.85. The van der Waals surface area contributed by atoms with E-state index in [4.69, 9.17) is 56.8 Å². The van der Waals surface area contributed by atoms with E-state index in [0.717, 1.165) is 25.7 Å². The number of fused-ring (bicyclic) bond motifs is 2. The third-order valence-electron chi connectivity index (χ3n) is 12.0. The summed E-state index contributed by atoms with van der Waals surface area (Å²) in [5.41, 5.74) is 2.54. The van der Waals surface area contributed by atoms with Gasteiger partial charge >= 0.3 is 11.9 Å². The number of hydrogen-bond acceptors (Lipinski definition) is 16. The van der Waals surface area contributed by atoms with Crippen molar-refractivity contribution >= 4 is 43.9 Å². The zero-order chi connectivity index (χ0) is 52.8. The lowest BCUT2D eigenvalue weighted by Gasteiger charge is -2.25. The minimum absolute atomic E-state index is 0.0206. The van der Waals surface area contributed by atoms with Crippen molar-refractivity contribution in [3.05, 3.63) is 70.8 Å². The van der Waals surface area contributed by atoms with Crippen molar-refractivity contribution in [2.24, 2.45) is 0 Å². The smallest absolute Gasteiger partial charge is 0.345 e. The Morgan fingerprint density at radius 1 is 0.556 bits per heavy atom. The molecular weight excluding hydrogens is 955 g/mol. The molecule has 0 fully saturated rings. The summed E-state index contributed by atoms with van der Waals surface area (Å²) in [6, 6.07) is 13.7. The fraction of sp³-hybridized carbons (Fsp3) is 0.604. The lowest BCUT2D eigenvalue weighted by Crippen LogP contribution is -2.38. The van der Waals surface area contributed by atoms with E-state index in [-0.39, 0.29) is 89.3 Å². The number of carbonyl (C=O) groups excluding carboxylic acids is 2. The van der Waals surface area contributed by atoms with Crippen molar-refractivity contribution in [1.82, 2.24) is 0 Å². The summed E-state index contributed by atoms with van der Waals surface area (Å²) < 4.78 is 107. The van der Waals surface area contributed by atoms with Gasteiger partial charge in [0, 0.05) is 47.0 Å². The van der Waals surface area contributed by atoms with Crippen LogP contribution in [0.3, 0.4) is 0 Å². The normalized spacial score (nSPS) is 12.2. The fourth-order valence-electron chi connectivity index (χ4n) is 8.35. The minimum atomic E-state index is -4.32. The van der Waals surface area contributed by atoms with E-state index in [1.807, 2.05) is 4.57 Å². The first-order valence-corrected chi connectivity index (χ1v) is 26.2. The Morgan fingerprint density at radius 3 is 1.32 bits per heavy atom. The monoisotopic (exact) mass is 1030 g/mol. The number of methoxy groups -OCH3 is 5.